The van der Waals surface area contributed by atoms with Crippen LogP contribution in [0.3, 0.4) is 0 Å². The van der Waals surface area contributed by atoms with E-state index in [2.05, 4.69) is 15.6 Å². The summed E-state index contributed by atoms with van der Waals surface area (Å²) in [6, 6.07) is 9.10. The van der Waals surface area contributed by atoms with Crippen molar-refractivity contribution in [1.29, 1.82) is 0 Å². The minimum Gasteiger partial charge on any atom is -0.392 e. The summed E-state index contributed by atoms with van der Waals surface area (Å²) in [5.74, 6) is 0. The number of hydrogen-bond acceptors (Lipinski definition) is 4. The molecule has 22 heavy (non-hydrogen) atoms. The Labute approximate surface area is 129 Å². The molecule has 0 bridgehead atoms. The van der Waals surface area contributed by atoms with Crippen molar-refractivity contribution < 1.29 is 9.90 Å². The number of aliphatic hydroxyl groups is 1. The first-order valence-corrected chi connectivity index (χ1v) is 7.14. The maximum atomic E-state index is 12.0. The van der Waals surface area contributed by atoms with Crippen molar-refractivity contribution in [2.45, 2.75) is 26.0 Å². The van der Waals surface area contributed by atoms with Gasteiger partial charge in [0.2, 0.25) is 0 Å². The molecule has 1 heterocycles. The molecule has 1 aromatic heterocycles. The number of rotatable bonds is 5. The summed E-state index contributed by atoms with van der Waals surface area (Å²) in [5, 5.41) is 20.3. The van der Waals surface area contributed by atoms with Crippen LogP contribution < -0.4 is 5.32 Å². The van der Waals surface area contributed by atoms with Gasteiger partial charge in [0.1, 0.15) is 5.69 Å². The molecule has 1 aromatic carbocycles. The van der Waals surface area contributed by atoms with Crippen LogP contribution in [0.1, 0.15) is 25.6 Å². The summed E-state index contributed by atoms with van der Waals surface area (Å²) in [6.45, 7) is 3.75. The second kappa shape index (κ2) is 7.04. The monoisotopic (exact) mass is 303 g/mol. The number of aromatic nitrogens is 3. The average Bonchev–Trinajstić information content (AvgIpc) is 2.97. The Morgan fingerprint density at radius 2 is 2.05 bits per heavy atom. The highest BCUT2D eigenvalue weighted by atomic mass is 16.3. The molecule has 2 rings (SSSR count). The number of aliphatic hydroxyl groups excluding tert-OH is 1. The molecule has 0 aliphatic heterocycles. The molecule has 0 aliphatic rings. The standard InChI is InChI=1S/C15H21N5O2/c1-11(21)9-19(3)15(22)16-12(2)14-10-20(18-17-14)13-7-5-4-6-8-13/h4-8,10-12,21H,9H2,1-3H3,(H,16,22). The van der Waals surface area contributed by atoms with E-state index in [1.807, 2.05) is 37.3 Å². The normalized spacial score (nSPS) is 13.5. The molecule has 0 saturated heterocycles. The van der Waals surface area contributed by atoms with E-state index >= 15 is 0 Å². The molecule has 0 aliphatic carbocycles. The number of nitrogens with zero attached hydrogens (tertiary/aromatic N) is 4. The zero-order valence-electron chi connectivity index (χ0n) is 13.0. The topological polar surface area (TPSA) is 83.3 Å². The lowest BCUT2D eigenvalue weighted by atomic mass is 10.2. The summed E-state index contributed by atoms with van der Waals surface area (Å²) in [7, 11) is 1.63. The number of nitrogens with one attached hydrogen (secondary N) is 1. The molecule has 2 unspecified atom stereocenters. The van der Waals surface area contributed by atoms with Crippen LogP contribution in [0.25, 0.3) is 5.69 Å². The third-order valence-electron chi connectivity index (χ3n) is 3.20. The van der Waals surface area contributed by atoms with E-state index in [1.54, 1.807) is 24.9 Å². The van der Waals surface area contributed by atoms with Crippen LogP contribution in [0.15, 0.2) is 36.5 Å². The first-order chi connectivity index (χ1) is 10.5. The van der Waals surface area contributed by atoms with Gasteiger partial charge in [-0.2, -0.15) is 0 Å². The number of benzene rings is 1. The highest BCUT2D eigenvalue weighted by molar-refractivity contribution is 5.74. The maximum absolute atomic E-state index is 12.0. The molecule has 7 nitrogen and oxygen atoms in total. The van der Waals surface area contributed by atoms with Crippen molar-refractivity contribution in [3.05, 3.63) is 42.2 Å². The first kappa shape index (κ1) is 16.0. The van der Waals surface area contributed by atoms with E-state index in [1.165, 1.54) is 4.90 Å². The SMILES string of the molecule is CC(O)CN(C)C(=O)NC(C)c1cn(-c2ccccc2)nn1. The second-order valence-electron chi connectivity index (χ2n) is 5.32. The molecule has 0 saturated carbocycles. The van der Waals surface area contributed by atoms with Gasteiger partial charge in [0.05, 0.1) is 24.0 Å². The minimum absolute atomic E-state index is 0.261. The molecule has 2 amide bonds. The summed E-state index contributed by atoms with van der Waals surface area (Å²) in [6.07, 6.45) is 1.22. The number of carbonyl (C=O) groups is 1. The summed E-state index contributed by atoms with van der Waals surface area (Å²) in [5.41, 5.74) is 1.58. The van der Waals surface area contributed by atoms with E-state index in [0.717, 1.165) is 5.69 Å². The summed E-state index contributed by atoms with van der Waals surface area (Å²) >= 11 is 0. The largest absolute Gasteiger partial charge is 0.392 e. The molecule has 7 heteroatoms. The Hall–Kier alpha value is -2.41. The van der Waals surface area contributed by atoms with Gasteiger partial charge in [-0.15, -0.1) is 5.10 Å². The zero-order chi connectivity index (χ0) is 16.1. The Morgan fingerprint density at radius 3 is 2.68 bits per heavy atom. The van der Waals surface area contributed by atoms with Crippen LogP contribution in [-0.2, 0) is 0 Å². The third kappa shape index (κ3) is 4.05. The molecule has 2 atom stereocenters. The summed E-state index contributed by atoms with van der Waals surface area (Å²) < 4.78 is 1.66. The predicted molar refractivity (Wildman–Crippen MR) is 82.6 cm³/mol. The van der Waals surface area contributed by atoms with Gasteiger partial charge in [0.15, 0.2) is 0 Å². The van der Waals surface area contributed by atoms with Crippen LogP contribution in [0.5, 0.6) is 0 Å². The number of likely N-dealkylation sites (N-methyl/N-ethyl adjacent to an activating group) is 1. The lowest BCUT2D eigenvalue weighted by Crippen LogP contribution is -2.41. The second-order valence-corrected chi connectivity index (χ2v) is 5.32. The Morgan fingerprint density at radius 1 is 1.36 bits per heavy atom. The van der Waals surface area contributed by atoms with Gasteiger partial charge in [-0.1, -0.05) is 23.4 Å². The van der Waals surface area contributed by atoms with E-state index in [9.17, 15) is 9.90 Å². The van der Waals surface area contributed by atoms with Gasteiger partial charge in [-0.3, -0.25) is 0 Å². The van der Waals surface area contributed by atoms with Crippen molar-refractivity contribution in [2.75, 3.05) is 13.6 Å². The van der Waals surface area contributed by atoms with Gasteiger partial charge in [-0.05, 0) is 26.0 Å². The molecular weight excluding hydrogens is 282 g/mol. The van der Waals surface area contributed by atoms with Crippen LogP contribution in [0, 0.1) is 0 Å². The fraction of sp³-hybridized carbons (Fsp3) is 0.400. The van der Waals surface area contributed by atoms with Gasteiger partial charge in [0, 0.05) is 13.6 Å². The fourth-order valence-electron chi connectivity index (χ4n) is 2.03. The average molecular weight is 303 g/mol. The van der Waals surface area contributed by atoms with Gasteiger partial charge >= 0.3 is 6.03 Å². The number of para-hydroxylation sites is 1. The molecule has 2 aromatic rings. The Balaban J connectivity index is 2.00. The fourth-order valence-corrected chi connectivity index (χ4v) is 2.03. The quantitative estimate of drug-likeness (QED) is 0.873. The van der Waals surface area contributed by atoms with Crippen LogP contribution in [0.4, 0.5) is 4.79 Å². The number of carbonyl (C=O) groups excluding carboxylic acids is 1. The van der Waals surface area contributed by atoms with Gasteiger partial charge in [0.25, 0.3) is 0 Å². The molecular formula is C15H21N5O2. The smallest absolute Gasteiger partial charge is 0.317 e. The van der Waals surface area contributed by atoms with E-state index in [4.69, 9.17) is 0 Å². The highest BCUT2D eigenvalue weighted by Gasteiger charge is 2.17. The lowest BCUT2D eigenvalue weighted by molar-refractivity contribution is 0.142. The molecule has 0 radical (unpaired) electrons. The zero-order valence-corrected chi connectivity index (χ0v) is 13.0. The Bertz CT molecular complexity index is 611. The van der Waals surface area contributed by atoms with Crippen molar-refractivity contribution in [1.82, 2.24) is 25.2 Å². The van der Waals surface area contributed by atoms with Crippen LogP contribution in [0.2, 0.25) is 0 Å². The van der Waals surface area contributed by atoms with E-state index in [-0.39, 0.29) is 18.6 Å². The van der Waals surface area contributed by atoms with E-state index < -0.39 is 6.10 Å². The van der Waals surface area contributed by atoms with Crippen molar-refractivity contribution >= 4 is 6.03 Å². The lowest BCUT2D eigenvalue weighted by Gasteiger charge is -2.21. The van der Waals surface area contributed by atoms with Gasteiger partial charge in [-0.25, -0.2) is 9.48 Å². The van der Waals surface area contributed by atoms with E-state index in [0.29, 0.717) is 5.69 Å². The minimum atomic E-state index is -0.565. The maximum Gasteiger partial charge on any atom is 0.317 e. The molecule has 0 spiro atoms. The van der Waals surface area contributed by atoms with Crippen molar-refractivity contribution in [3.8, 4) is 5.69 Å². The first-order valence-electron chi connectivity index (χ1n) is 7.14. The van der Waals surface area contributed by atoms with Crippen LogP contribution >= 0.6 is 0 Å². The van der Waals surface area contributed by atoms with Gasteiger partial charge < -0.3 is 15.3 Å². The van der Waals surface area contributed by atoms with Crippen molar-refractivity contribution in [2.24, 2.45) is 0 Å². The summed E-state index contributed by atoms with van der Waals surface area (Å²) in [4.78, 5) is 13.4. The number of amides is 2. The molecule has 2 N–H and O–H groups in total. The number of hydrogen-bond donors (Lipinski definition) is 2. The van der Waals surface area contributed by atoms with Crippen LogP contribution in [-0.4, -0.2) is 50.7 Å². The number of urea groups is 1. The Kier molecular flexibility index (Phi) is 5.11. The van der Waals surface area contributed by atoms with Crippen molar-refractivity contribution in [3.63, 3.8) is 0 Å². The highest BCUT2D eigenvalue weighted by Crippen LogP contribution is 2.12. The third-order valence-corrected chi connectivity index (χ3v) is 3.20. The molecule has 118 valence electrons. The predicted octanol–water partition coefficient (Wildman–Crippen LogP) is 1.35. The molecule has 0 fully saturated rings.